The van der Waals surface area contributed by atoms with Crippen molar-refractivity contribution in [3.63, 3.8) is 0 Å². The normalized spacial score (nSPS) is 30.2. The zero-order valence-corrected chi connectivity index (χ0v) is 9.27. The Morgan fingerprint density at radius 3 is 2.62 bits per heavy atom. The number of nitrogens with one attached hydrogen (secondary N) is 1. The number of benzene rings is 1. The minimum atomic E-state index is -0.947. The zero-order chi connectivity index (χ0) is 11.8. The molecule has 4 heteroatoms. The van der Waals surface area contributed by atoms with E-state index in [0.29, 0.717) is 24.6 Å². The molecule has 0 radical (unpaired) electrons. The van der Waals surface area contributed by atoms with Crippen molar-refractivity contribution in [2.24, 2.45) is 0 Å². The van der Waals surface area contributed by atoms with Crippen LogP contribution >= 0.6 is 0 Å². The van der Waals surface area contributed by atoms with Crippen LogP contribution in [0.4, 0.5) is 0 Å². The second-order valence-electron chi connectivity index (χ2n) is 4.56. The highest BCUT2D eigenvalue weighted by Gasteiger charge is 2.33. The average molecular weight is 223 g/mol. The molecule has 1 aromatic carbocycles. The predicted octanol–water partition coefficient (Wildman–Crippen LogP) is 1.06. The Bertz CT molecular complexity index is 384. The summed E-state index contributed by atoms with van der Waals surface area (Å²) >= 11 is 0. The molecule has 88 valence electrons. The van der Waals surface area contributed by atoms with Gasteiger partial charge >= 0.3 is 0 Å². The lowest BCUT2D eigenvalue weighted by Gasteiger charge is -2.36. The van der Waals surface area contributed by atoms with Crippen molar-refractivity contribution in [1.29, 1.82) is 0 Å². The third kappa shape index (κ3) is 1.99. The second-order valence-corrected chi connectivity index (χ2v) is 4.56. The quantitative estimate of drug-likeness (QED) is 0.537. The molecule has 1 aliphatic rings. The van der Waals surface area contributed by atoms with Crippen molar-refractivity contribution >= 4 is 0 Å². The smallest absolute Gasteiger partial charge is 0.157 e. The molecule has 1 fully saturated rings. The van der Waals surface area contributed by atoms with Crippen molar-refractivity contribution in [2.75, 3.05) is 6.54 Å². The first-order valence-electron chi connectivity index (χ1n) is 5.49. The molecule has 0 aliphatic carbocycles. The standard InChI is InChI=1S/C12H17NO3/c1-8-4-5-12(16,7-13-8)9-2-3-10(14)11(15)6-9/h2-3,6,8,13-16H,4-5,7H2,1H3/t8-,12+/m0/s1. The number of rotatable bonds is 1. The molecule has 1 saturated heterocycles. The molecule has 0 spiro atoms. The maximum absolute atomic E-state index is 10.4. The Labute approximate surface area is 94.5 Å². The predicted molar refractivity (Wildman–Crippen MR) is 60.4 cm³/mol. The van der Waals surface area contributed by atoms with Crippen LogP contribution in [0.5, 0.6) is 11.5 Å². The molecular formula is C12H17NO3. The van der Waals surface area contributed by atoms with Gasteiger partial charge in [0, 0.05) is 12.6 Å². The largest absolute Gasteiger partial charge is 0.504 e. The molecule has 1 heterocycles. The molecular weight excluding hydrogens is 206 g/mol. The lowest BCUT2D eigenvalue weighted by Crippen LogP contribution is -2.47. The Morgan fingerprint density at radius 2 is 2.06 bits per heavy atom. The highest BCUT2D eigenvalue weighted by molar-refractivity contribution is 5.42. The maximum atomic E-state index is 10.4. The molecule has 0 saturated carbocycles. The Hall–Kier alpha value is -1.26. The van der Waals surface area contributed by atoms with Crippen LogP contribution in [-0.2, 0) is 5.60 Å². The number of aromatic hydroxyl groups is 2. The van der Waals surface area contributed by atoms with Gasteiger partial charge in [0.15, 0.2) is 11.5 Å². The highest BCUT2D eigenvalue weighted by atomic mass is 16.3. The summed E-state index contributed by atoms with van der Waals surface area (Å²) in [5.74, 6) is -0.353. The van der Waals surface area contributed by atoms with Crippen LogP contribution in [-0.4, -0.2) is 27.9 Å². The van der Waals surface area contributed by atoms with E-state index in [2.05, 4.69) is 12.2 Å². The van der Waals surface area contributed by atoms with Gasteiger partial charge in [-0.3, -0.25) is 0 Å². The summed E-state index contributed by atoms with van der Waals surface area (Å²) in [6.07, 6.45) is 1.55. The van der Waals surface area contributed by atoms with Gasteiger partial charge in [-0.2, -0.15) is 0 Å². The molecule has 0 amide bonds. The van der Waals surface area contributed by atoms with E-state index in [-0.39, 0.29) is 11.5 Å². The van der Waals surface area contributed by atoms with E-state index in [1.807, 2.05) is 0 Å². The van der Waals surface area contributed by atoms with Gasteiger partial charge in [0.25, 0.3) is 0 Å². The lowest BCUT2D eigenvalue weighted by molar-refractivity contribution is 0.00349. The first kappa shape index (κ1) is 11.2. The molecule has 0 bridgehead atoms. The van der Waals surface area contributed by atoms with Crippen molar-refractivity contribution in [3.8, 4) is 11.5 Å². The van der Waals surface area contributed by atoms with Gasteiger partial charge in [0.2, 0.25) is 0 Å². The van der Waals surface area contributed by atoms with Crippen LogP contribution in [0, 0.1) is 0 Å². The minimum absolute atomic E-state index is 0.163. The van der Waals surface area contributed by atoms with Gasteiger partial charge in [-0.25, -0.2) is 0 Å². The fourth-order valence-corrected chi connectivity index (χ4v) is 2.05. The van der Waals surface area contributed by atoms with Gasteiger partial charge < -0.3 is 20.6 Å². The number of phenolic OH excluding ortho intramolecular Hbond substituents is 2. The van der Waals surface area contributed by atoms with Crippen molar-refractivity contribution in [2.45, 2.75) is 31.4 Å². The third-order valence-corrected chi connectivity index (χ3v) is 3.25. The first-order valence-corrected chi connectivity index (χ1v) is 5.49. The van der Waals surface area contributed by atoms with Crippen LogP contribution in [0.2, 0.25) is 0 Å². The molecule has 2 rings (SSSR count). The topological polar surface area (TPSA) is 72.7 Å². The number of piperidine rings is 1. The number of phenols is 2. The van der Waals surface area contributed by atoms with E-state index < -0.39 is 5.60 Å². The zero-order valence-electron chi connectivity index (χ0n) is 9.27. The van der Waals surface area contributed by atoms with Crippen LogP contribution in [0.25, 0.3) is 0 Å². The average Bonchev–Trinajstić information content (AvgIpc) is 2.26. The minimum Gasteiger partial charge on any atom is -0.504 e. The van der Waals surface area contributed by atoms with Crippen molar-refractivity contribution in [1.82, 2.24) is 5.32 Å². The van der Waals surface area contributed by atoms with Crippen LogP contribution in [0.15, 0.2) is 18.2 Å². The summed E-state index contributed by atoms with van der Waals surface area (Å²) in [6.45, 7) is 2.55. The first-order chi connectivity index (χ1) is 7.51. The monoisotopic (exact) mass is 223 g/mol. The summed E-state index contributed by atoms with van der Waals surface area (Å²) < 4.78 is 0. The summed E-state index contributed by atoms with van der Waals surface area (Å²) in [5.41, 5.74) is -0.306. The molecule has 4 N–H and O–H groups in total. The molecule has 16 heavy (non-hydrogen) atoms. The third-order valence-electron chi connectivity index (χ3n) is 3.25. The molecule has 2 atom stereocenters. The molecule has 0 unspecified atom stereocenters. The SMILES string of the molecule is C[C@H]1CC[C@](O)(c2ccc(O)c(O)c2)CN1. The van der Waals surface area contributed by atoms with Crippen LogP contribution in [0.1, 0.15) is 25.3 Å². The number of hydrogen-bond acceptors (Lipinski definition) is 4. The van der Waals surface area contributed by atoms with Gasteiger partial charge in [0.05, 0.1) is 0 Å². The van der Waals surface area contributed by atoms with E-state index in [0.717, 1.165) is 6.42 Å². The molecule has 1 aliphatic heterocycles. The highest BCUT2D eigenvalue weighted by Crippen LogP contribution is 2.34. The summed E-state index contributed by atoms with van der Waals surface area (Å²) in [5, 5.41) is 32.3. The van der Waals surface area contributed by atoms with Crippen LogP contribution in [0.3, 0.4) is 0 Å². The molecule has 4 nitrogen and oxygen atoms in total. The summed E-state index contributed by atoms with van der Waals surface area (Å²) in [4.78, 5) is 0. The molecule has 0 aromatic heterocycles. The van der Waals surface area contributed by atoms with Gasteiger partial charge in [0.1, 0.15) is 5.60 Å². The van der Waals surface area contributed by atoms with Crippen LogP contribution < -0.4 is 5.32 Å². The van der Waals surface area contributed by atoms with Crippen molar-refractivity contribution < 1.29 is 15.3 Å². The van der Waals surface area contributed by atoms with Crippen molar-refractivity contribution in [3.05, 3.63) is 23.8 Å². The number of hydrogen-bond donors (Lipinski definition) is 4. The van der Waals surface area contributed by atoms with E-state index in [9.17, 15) is 15.3 Å². The number of aliphatic hydroxyl groups is 1. The fraction of sp³-hybridized carbons (Fsp3) is 0.500. The summed E-state index contributed by atoms with van der Waals surface area (Å²) in [6, 6.07) is 4.88. The van der Waals surface area contributed by atoms with E-state index in [1.165, 1.54) is 12.1 Å². The molecule has 1 aromatic rings. The summed E-state index contributed by atoms with van der Waals surface area (Å²) in [7, 11) is 0. The lowest BCUT2D eigenvalue weighted by atomic mass is 9.84. The van der Waals surface area contributed by atoms with E-state index in [1.54, 1.807) is 6.07 Å². The Balaban J connectivity index is 2.25. The number of β-amino-alcohol motifs (C(OH)–C–C–N with tert-alkyl or cyclic N) is 1. The fourth-order valence-electron chi connectivity index (χ4n) is 2.05. The van der Waals surface area contributed by atoms with Gasteiger partial charge in [-0.1, -0.05) is 6.07 Å². The van der Waals surface area contributed by atoms with E-state index >= 15 is 0 Å². The maximum Gasteiger partial charge on any atom is 0.157 e. The van der Waals surface area contributed by atoms with E-state index in [4.69, 9.17) is 0 Å². The van der Waals surface area contributed by atoms with Gasteiger partial charge in [-0.15, -0.1) is 0 Å². The van der Waals surface area contributed by atoms with Gasteiger partial charge in [-0.05, 0) is 37.5 Å². The Morgan fingerprint density at radius 1 is 1.31 bits per heavy atom. The Kier molecular flexibility index (Phi) is 2.78. The second kappa shape index (κ2) is 3.96.